The SMILES string of the molecule is Cl.Cn1c(-c2cccc(N3CCN(C(=O)C4COCCN4)CC3)c2)nc2ccccc21.Cn1c(-c2cccc(N3CCN(C(=O)C4COCCN4)CC3)c2)nc2ccccc21. The number of piperazine rings is 2. The lowest BCUT2D eigenvalue weighted by molar-refractivity contribution is -0.137. The van der Waals surface area contributed by atoms with Gasteiger partial charge in [0.1, 0.15) is 23.7 Å². The summed E-state index contributed by atoms with van der Waals surface area (Å²) in [5.41, 5.74) is 8.83. The van der Waals surface area contributed by atoms with Crippen LogP contribution in [0, 0.1) is 0 Å². The highest BCUT2D eigenvalue weighted by molar-refractivity contribution is 5.86. The molecule has 4 aliphatic heterocycles. The summed E-state index contributed by atoms with van der Waals surface area (Å²) in [4.78, 5) is 43.7. The molecule has 2 atom stereocenters. The van der Waals surface area contributed by atoms with Gasteiger partial charge in [-0.15, -0.1) is 12.4 Å². The topological polar surface area (TPSA) is 125 Å². The Balaban J connectivity index is 0.000000166. The summed E-state index contributed by atoms with van der Waals surface area (Å²) >= 11 is 0. The maximum atomic E-state index is 12.7. The van der Waals surface area contributed by atoms with E-state index in [0.29, 0.717) is 26.4 Å². The molecule has 0 radical (unpaired) electrons. The molecule has 2 amide bonds. The number of benzene rings is 4. The lowest BCUT2D eigenvalue weighted by Gasteiger charge is -2.38. The van der Waals surface area contributed by atoms with E-state index in [4.69, 9.17) is 19.4 Å². The van der Waals surface area contributed by atoms with Crippen molar-refractivity contribution in [3.8, 4) is 22.8 Å². The number of ether oxygens (including phenoxy) is 2. The van der Waals surface area contributed by atoms with E-state index in [0.717, 1.165) is 110 Å². The fourth-order valence-corrected chi connectivity index (χ4v) is 8.75. The van der Waals surface area contributed by atoms with E-state index in [-0.39, 0.29) is 36.3 Å². The highest BCUT2D eigenvalue weighted by atomic mass is 35.5. The molecule has 0 spiro atoms. The zero-order valence-electron chi connectivity index (χ0n) is 34.9. The molecule has 15 heteroatoms. The van der Waals surface area contributed by atoms with Crippen LogP contribution in [0.4, 0.5) is 11.4 Å². The van der Waals surface area contributed by atoms with E-state index in [1.165, 1.54) is 11.4 Å². The standard InChI is InChI=1S/2C23H27N5O2.ClH/c2*1-26-21-8-3-2-7-19(21)25-22(26)17-5-4-6-18(15-17)27-10-12-28(13-11-27)23(29)20-16-30-14-9-24-20;/h2*2-8,15,20,24H,9-14,16H2,1H3;1H. The van der Waals surface area contributed by atoms with Crippen LogP contribution in [0.25, 0.3) is 44.8 Å². The Morgan fingerprint density at radius 1 is 0.557 bits per heavy atom. The summed E-state index contributed by atoms with van der Waals surface area (Å²) in [6.45, 7) is 10.0. The Kier molecular flexibility index (Phi) is 13.2. The van der Waals surface area contributed by atoms with Gasteiger partial charge in [-0.05, 0) is 48.5 Å². The molecule has 61 heavy (non-hydrogen) atoms. The largest absolute Gasteiger partial charge is 0.378 e. The molecule has 14 nitrogen and oxygen atoms in total. The van der Waals surface area contributed by atoms with Crippen LogP contribution in [-0.2, 0) is 33.2 Å². The molecule has 2 N–H and O–H groups in total. The average Bonchev–Trinajstić information content (AvgIpc) is 3.85. The predicted octanol–water partition coefficient (Wildman–Crippen LogP) is 4.18. The molecule has 10 rings (SSSR count). The molecule has 4 aliphatic rings. The van der Waals surface area contributed by atoms with Gasteiger partial charge in [0.05, 0.1) is 48.5 Å². The van der Waals surface area contributed by atoms with Crippen LogP contribution in [0.2, 0.25) is 0 Å². The highest BCUT2D eigenvalue weighted by Gasteiger charge is 2.30. The van der Waals surface area contributed by atoms with Crippen molar-refractivity contribution < 1.29 is 19.1 Å². The number of nitrogens with one attached hydrogen (secondary N) is 2. The van der Waals surface area contributed by atoms with Gasteiger partial charge in [-0.2, -0.15) is 0 Å². The van der Waals surface area contributed by atoms with E-state index < -0.39 is 0 Å². The number of halogens is 1. The zero-order chi connectivity index (χ0) is 41.0. The molecule has 0 bridgehead atoms. The Morgan fingerprint density at radius 3 is 1.34 bits per heavy atom. The quantitative estimate of drug-likeness (QED) is 0.253. The first-order valence-corrected chi connectivity index (χ1v) is 21.1. The predicted molar refractivity (Wildman–Crippen MR) is 242 cm³/mol. The number of anilines is 2. The smallest absolute Gasteiger partial charge is 0.242 e. The normalized spacial score (nSPS) is 19.6. The minimum atomic E-state index is -0.203. The van der Waals surface area contributed by atoms with Crippen molar-refractivity contribution in [3.63, 3.8) is 0 Å². The lowest BCUT2D eigenvalue weighted by Crippen LogP contribution is -2.57. The third-order valence-electron chi connectivity index (χ3n) is 12.1. The van der Waals surface area contributed by atoms with Crippen molar-refractivity contribution >= 4 is 57.7 Å². The number of fused-ring (bicyclic) bond motifs is 2. The van der Waals surface area contributed by atoms with Gasteiger partial charge in [0.25, 0.3) is 0 Å². The van der Waals surface area contributed by atoms with Crippen LogP contribution in [-0.4, -0.2) is 145 Å². The third kappa shape index (κ3) is 9.09. The number of morpholine rings is 2. The Morgan fingerprint density at radius 2 is 0.967 bits per heavy atom. The summed E-state index contributed by atoms with van der Waals surface area (Å²) in [6, 6.07) is 33.1. The number of hydrogen-bond acceptors (Lipinski definition) is 10. The number of aryl methyl sites for hydroxylation is 2. The monoisotopic (exact) mass is 846 g/mol. The lowest BCUT2D eigenvalue weighted by atomic mass is 10.1. The number of hydrogen-bond donors (Lipinski definition) is 2. The van der Waals surface area contributed by atoms with Gasteiger partial charge in [-0.3, -0.25) is 9.59 Å². The average molecular weight is 847 g/mol. The molecule has 4 fully saturated rings. The van der Waals surface area contributed by atoms with E-state index in [1.54, 1.807) is 0 Å². The first kappa shape index (κ1) is 42.2. The van der Waals surface area contributed by atoms with Gasteiger partial charge in [-0.25, -0.2) is 9.97 Å². The van der Waals surface area contributed by atoms with Crippen molar-refractivity contribution in [2.45, 2.75) is 12.1 Å². The van der Waals surface area contributed by atoms with E-state index >= 15 is 0 Å². The fraction of sp³-hybridized carbons (Fsp3) is 0.391. The first-order valence-electron chi connectivity index (χ1n) is 21.1. The minimum Gasteiger partial charge on any atom is -0.378 e. The van der Waals surface area contributed by atoms with Crippen LogP contribution in [0.5, 0.6) is 0 Å². The van der Waals surface area contributed by atoms with Crippen molar-refractivity contribution in [1.82, 2.24) is 39.5 Å². The van der Waals surface area contributed by atoms with Gasteiger partial charge in [0.2, 0.25) is 11.8 Å². The number of imidazole rings is 2. The van der Waals surface area contributed by atoms with Crippen molar-refractivity contribution in [2.75, 3.05) is 102 Å². The molecule has 2 aromatic heterocycles. The van der Waals surface area contributed by atoms with E-state index in [9.17, 15) is 9.59 Å². The summed E-state index contributed by atoms with van der Waals surface area (Å²) in [6.07, 6.45) is 0. The molecular weight excluding hydrogens is 792 g/mol. The second kappa shape index (κ2) is 19.0. The van der Waals surface area contributed by atoms with E-state index in [1.807, 2.05) is 46.2 Å². The van der Waals surface area contributed by atoms with Crippen molar-refractivity contribution in [1.29, 1.82) is 0 Å². The number of nitrogens with zero attached hydrogens (tertiary/aromatic N) is 8. The van der Waals surface area contributed by atoms with Gasteiger partial charge in [-0.1, -0.05) is 48.5 Å². The molecular formula is C46H55ClN10O4. The maximum absolute atomic E-state index is 12.7. The number of rotatable bonds is 6. The Hall–Kier alpha value is -5.51. The molecule has 320 valence electrons. The summed E-state index contributed by atoms with van der Waals surface area (Å²) in [5.74, 6) is 2.25. The van der Waals surface area contributed by atoms with Crippen LogP contribution in [0.15, 0.2) is 97.1 Å². The zero-order valence-corrected chi connectivity index (χ0v) is 35.7. The van der Waals surface area contributed by atoms with Crippen LogP contribution >= 0.6 is 12.4 Å². The van der Waals surface area contributed by atoms with Crippen LogP contribution < -0.4 is 20.4 Å². The van der Waals surface area contributed by atoms with Crippen molar-refractivity contribution in [2.24, 2.45) is 14.1 Å². The molecule has 4 aromatic carbocycles. The van der Waals surface area contributed by atoms with Gasteiger partial charge < -0.3 is 48.8 Å². The highest BCUT2D eigenvalue weighted by Crippen LogP contribution is 2.29. The van der Waals surface area contributed by atoms with Gasteiger partial charge >= 0.3 is 0 Å². The van der Waals surface area contributed by atoms with Gasteiger partial charge in [0, 0.05) is 102 Å². The molecule has 2 unspecified atom stereocenters. The fourth-order valence-electron chi connectivity index (χ4n) is 8.75. The molecule has 6 heterocycles. The van der Waals surface area contributed by atoms with E-state index in [2.05, 4.69) is 104 Å². The van der Waals surface area contributed by atoms with Crippen LogP contribution in [0.1, 0.15) is 0 Å². The first-order chi connectivity index (χ1) is 29.4. The number of amides is 2. The minimum absolute atomic E-state index is 0. The number of para-hydroxylation sites is 4. The number of carbonyl (C=O) groups is 2. The maximum Gasteiger partial charge on any atom is 0.242 e. The number of aromatic nitrogens is 4. The molecule has 0 aliphatic carbocycles. The molecule has 4 saturated heterocycles. The Labute approximate surface area is 362 Å². The van der Waals surface area contributed by atoms with Crippen LogP contribution in [0.3, 0.4) is 0 Å². The third-order valence-corrected chi connectivity index (χ3v) is 12.1. The summed E-state index contributed by atoms with van der Waals surface area (Å²) in [5, 5.41) is 6.52. The summed E-state index contributed by atoms with van der Waals surface area (Å²) < 4.78 is 15.2. The number of carbonyl (C=O) groups excluding carboxylic acids is 2. The second-order valence-corrected chi connectivity index (χ2v) is 15.9. The molecule has 0 saturated carbocycles. The van der Waals surface area contributed by atoms with Gasteiger partial charge in [0.15, 0.2) is 0 Å². The molecule has 6 aromatic rings. The summed E-state index contributed by atoms with van der Waals surface area (Å²) in [7, 11) is 4.12. The second-order valence-electron chi connectivity index (χ2n) is 15.9. The Bertz CT molecular complexity index is 2270. The van der Waals surface area contributed by atoms with Crippen molar-refractivity contribution in [3.05, 3.63) is 97.1 Å².